The number of carbonyl (C=O) groups is 1. The molecule has 4 heteroatoms. The Morgan fingerprint density at radius 3 is 2.89 bits per heavy atom. The van der Waals surface area contributed by atoms with E-state index in [1.807, 2.05) is 17.9 Å². The van der Waals surface area contributed by atoms with Crippen molar-refractivity contribution in [2.45, 2.75) is 45.6 Å². The normalized spacial score (nSPS) is 19.4. The molecular formula is C15H23NO3. The van der Waals surface area contributed by atoms with Crippen molar-refractivity contribution in [2.24, 2.45) is 0 Å². The molecule has 4 nitrogen and oxygen atoms in total. The summed E-state index contributed by atoms with van der Waals surface area (Å²) in [6, 6.07) is 1.83. The van der Waals surface area contributed by atoms with Crippen LogP contribution in [0.25, 0.3) is 0 Å². The predicted molar refractivity (Wildman–Crippen MR) is 73.2 cm³/mol. The zero-order chi connectivity index (χ0) is 13.7. The van der Waals surface area contributed by atoms with Crippen LogP contribution in [0.5, 0.6) is 0 Å². The van der Waals surface area contributed by atoms with E-state index >= 15 is 0 Å². The van der Waals surface area contributed by atoms with Crippen LogP contribution in [-0.2, 0) is 4.74 Å². The standard InChI is InChI=1S/C15H23NO3/c1-3-8-16(11-13-6-4-5-9-18-13)15(17)14-12(2)7-10-19-14/h7,10,13H,3-6,8-9,11H2,1-2H3. The lowest BCUT2D eigenvalue weighted by Gasteiger charge is -2.29. The minimum absolute atomic E-state index is 0.0153. The first-order valence-electron chi connectivity index (χ1n) is 7.17. The molecule has 0 aliphatic carbocycles. The van der Waals surface area contributed by atoms with E-state index in [9.17, 15) is 4.79 Å². The molecule has 19 heavy (non-hydrogen) atoms. The maximum Gasteiger partial charge on any atom is 0.289 e. The Hall–Kier alpha value is -1.29. The number of aryl methyl sites for hydroxylation is 1. The van der Waals surface area contributed by atoms with Gasteiger partial charge in [-0.2, -0.15) is 0 Å². The molecule has 1 unspecified atom stereocenters. The van der Waals surface area contributed by atoms with Gasteiger partial charge >= 0.3 is 0 Å². The fourth-order valence-electron chi connectivity index (χ4n) is 2.48. The van der Waals surface area contributed by atoms with Crippen LogP contribution >= 0.6 is 0 Å². The van der Waals surface area contributed by atoms with Crippen LogP contribution in [-0.4, -0.2) is 36.6 Å². The Morgan fingerprint density at radius 1 is 1.47 bits per heavy atom. The summed E-state index contributed by atoms with van der Waals surface area (Å²) in [5.74, 6) is 0.447. The van der Waals surface area contributed by atoms with Gasteiger partial charge in [0.1, 0.15) is 0 Å². The molecule has 2 rings (SSSR count). The van der Waals surface area contributed by atoms with Crippen molar-refractivity contribution in [1.29, 1.82) is 0 Å². The Balaban J connectivity index is 2.02. The summed E-state index contributed by atoms with van der Waals surface area (Å²) in [6.45, 7) is 6.22. The van der Waals surface area contributed by atoms with Gasteiger partial charge < -0.3 is 14.1 Å². The third-order valence-corrected chi connectivity index (χ3v) is 3.54. The van der Waals surface area contributed by atoms with Gasteiger partial charge in [0.15, 0.2) is 5.76 Å². The Labute approximate surface area is 114 Å². The Bertz CT molecular complexity index is 407. The molecule has 0 radical (unpaired) electrons. The van der Waals surface area contributed by atoms with Crippen LogP contribution in [0.4, 0.5) is 0 Å². The van der Waals surface area contributed by atoms with Crippen molar-refractivity contribution in [1.82, 2.24) is 4.90 Å². The number of hydrogen-bond acceptors (Lipinski definition) is 3. The highest BCUT2D eigenvalue weighted by Gasteiger charge is 2.24. The van der Waals surface area contributed by atoms with Crippen molar-refractivity contribution in [3.63, 3.8) is 0 Å². The van der Waals surface area contributed by atoms with Gasteiger partial charge in [0.05, 0.1) is 12.4 Å². The highest BCUT2D eigenvalue weighted by molar-refractivity contribution is 5.92. The third-order valence-electron chi connectivity index (χ3n) is 3.54. The lowest BCUT2D eigenvalue weighted by Crippen LogP contribution is -2.40. The number of amides is 1. The summed E-state index contributed by atoms with van der Waals surface area (Å²) in [5, 5.41) is 0. The van der Waals surface area contributed by atoms with Crippen LogP contribution in [0.15, 0.2) is 16.7 Å². The van der Waals surface area contributed by atoms with Gasteiger partial charge in [0.25, 0.3) is 5.91 Å². The second-order valence-electron chi connectivity index (χ2n) is 5.17. The molecule has 1 aromatic heterocycles. The van der Waals surface area contributed by atoms with E-state index in [0.29, 0.717) is 12.3 Å². The second kappa shape index (κ2) is 6.75. The minimum Gasteiger partial charge on any atom is -0.459 e. The van der Waals surface area contributed by atoms with Crippen LogP contribution in [0.1, 0.15) is 48.7 Å². The fraction of sp³-hybridized carbons (Fsp3) is 0.667. The first kappa shape index (κ1) is 14.1. The number of nitrogens with zero attached hydrogens (tertiary/aromatic N) is 1. The van der Waals surface area contributed by atoms with Gasteiger partial charge in [-0.1, -0.05) is 6.92 Å². The van der Waals surface area contributed by atoms with Gasteiger partial charge in [-0.05, 0) is 38.7 Å². The molecule has 1 saturated heterocycles. The van der Waals surface area contributed by atoms with E-state index in [2.05, 4.69) is 6.92 Å². The third kappa shape index (κ3) is 3.60. The van der Waals surface area contributed by atoms with E-state index in [0.717, 1.165) is 38.0 Å². The average molecular weight is 265 g/mol. The molecule has 1 amide bonds. The largest absolute Gasteiger partial charge is 0.459 e. The molecule has 1 aliphatic rings. The van der Waals surface area contributed by atoms with Gasteiger partial charge in [-0.15, -0.1) is 0 Å². The van der Waals surface area contributed by atoms with Crippen molar-refractivity contribution in [3.05, 3.63) is 23.7 Å². The molecule has 1 aromatic rings. The molecule has 0 aromatic carbocycles. The lowest BCUT2D eigenvalue weighted by molar-refractivity contribution is -0.00445. The van der Waals surface area contributed by atoms with Gasteiger partial charge in [-0.3, -0.25) is 4.79 Å². The van der Waals surface area contributed by atoms with E-state index in [1.54, 1.807) is 6.26 Å². The summed E-state index contributed by atoms with van der Waals surface area (Å²) >= 11 is 0. The fourth-order valence-corrected chi connectivity index (χ4v) is 2.48. The van der Waals surface area contributed by atoms with Crippen molar-refractivity contribution >= 4 is 5.91 Å². The monoisotopic (exact) mass is 265 g/mol. The average Bonchev–Trinajstić information content (AvgIpc) is 2.85. The van der Waals surface area contributed by atoms with Crippen LogP contribution < -0.4 is 0 Å². The number of ether oxygens (including phenoxy) is 1. The summed E-state index contributed by atoms with van der Waals surface area (Å²) in [5.41, 5.74) is 0.899. The molecule has 1 aliphatic heterocycles. The van der Waals surface area contributed by atoms with Gasteiger partial charge in [-0.25, -0.2) is 0 Å². The minimum atomic E-state index is -0.0153. The van der Waals surface area contributed by atoms with Crippen LogP contribution in [0.2, 0.25) is 0 Å². The lowest BCUT2D eigenvalue weighted by atomic mass is 10.1. The van der Waals surface area contributed by atoms with E-state index in [1.165, 1.54) is 6.42 Å². The summed E-state index contributed by atoms with van der Waals surface area (Å²) in [7, 11) is 0. The van der Waals surface area contributed by atoms with E-state index in [4.69, 9.17) is 9.15 Å². The number of carbonyl (C=O) groups excluding carboxylic acids is 1. The highest BCUT2D eigenvalue weighted by atomic mass is 16.5. The zero-order valence-electron chi connectivity index (χ0n) is 11.9. The van der Waals surface area contributed by atoms with Crippen molar-refractivity contribution < 1.29 is 13.9 Å². The first-order chi connectivity index (χ1) is 9.22. The second-order valence-corrected chi connectivity index (χ2v) is 5.17. The first-order valence-corrected chi connectivity index (χ1v) is 7.17. The molecule has 106 valence electrons. The molecule has 1 fully saturated rings. The predicted octanol–water partition coefficient (Wildman–Crippen LogP) is 3.01. The molecule has 0 N–H and O–H groups in total. The van der Waals surface area contributed by atoms with Gasteiger partial charge in [0.2, 0.25) is 0 Å². The smallest absolute Gasteiger partial charge is 0.289 e. The zero-order valence-corrected chi connectivity index (χ0v) is 11.9. The molecule has 2 heterocycles. The number of furan rings is 1. The maximum absolute atomic E-state index is 12.5. The molecule has 0 spiro atoms. The quantitative estimate of drug-likeness (QED) is 0.822. The maximum atomic E-state index is 12.5. The Kier molecular flexibility index (Phi) is 5.02. The molecular weight excluding hydrogens is 242 g/mol. The molecule has 0 bridgehead atoms. The van der Waals surface area contributed by atoms with Gasteiger partial charge in [0, 0.05) is 25.3 Å². The van der Waals surface area contributed by atoms with Crippen molar-refractivity contribution in [2.75, 3.05) is 19.7 Å². The summed E-state index contributed by atoms with van der Waals surface area (Å²) < 4.78 is 11.0. The van der Waals surface area contributed by atoms with Crippen LogP contribution in [0, 0.1) is 6.92 Å². The SMILES string of the molecule is CCCN(CC1CCCCO1)C(=O)c1occc1C. The number of rotatable bonds is 5. The molecule has 1 atom stereocenters. The van der Waals surface area contributed by atoms with E-state index < -0.39 is 0 Å². The van der Waals surface area contributed by atoms with E-state index in [-0.39, 0.29) is 12.0 Å². The topological polar surface area (TPSA) is 42.7 Å². The molecule has 0 saturated carbocycles. The van der Waals surface area contributed by atoms with Crippen LogP contribution in [0.3, 0.4) is 0 Å². The van der Waals surface area contributed by atoms with Crippen molar-refractivity contribution in [3.8, 4) is 0 Å². The summed E-state index contributed by atoms with van der Waals surface area (Å²) in [4.78, 5) is 14.3. The highest BCUT2D eigenvalue weighted by Crippen LogP contribution is 2.17. The number of hydrogen-bond donors (Lipinski definition) is 0. The Morgan fingerprint density at radius 2 is 2.32 bits per heavy atom. The summed E-state index contributed by atoms with van der Waals surface area (Å²) in [6.07, 6.45) is 6.07.